The molecule has 0 aliphatic heterocycles. The number of benzene rings is 5. The van der Waals surface area contributed by atoms with Gasteiger partial charge >= 0.3 is 12.3 Å². The first-order valence-electron chi connectivity index (χ1n) is 14.8. The van der Waals surface area contributed by atoms with E-state index in [-0.39, 0.29) is 17.4 Å². The second-order valence-electron chi connectivity index (χ2n) is 11.2. The third-order valence-corrected chi connectivity index (χ3v) is 7.71. The molecule has 0 heterocycles. The zero-order valence-corrected chi connectivity index (χ0v) is 25.0. The normalized spacial score (nSPS) is 12.0. The summed E-state index contributed by atoms with van der Waals surface area (Å²) in [5.74, 6) is -4.58. The molecule has 0 fully saturated rings. The third kappa shape index (κ3) is 8.02. The van der Waals surface area contributed by atoms with Crippen LogP contribution >= 0.6 is 0 Å². The van der Waals surface area contributed by atoms with E-state index in [4.69, 9.17) is 0 Å². The van der Waals surface area contributed by atoms with E-state index in [0.29, 0.717) is 12.5 Å². The lowest BCUT2D eigenvalue weighted by Gasteiger charge is -2.20. The lowest BCUT2D eigenvalue weighted by atomic mass is 9.98. The van der Waals surface area contributed by atoms with E-state index in [9.17, 15) is 30.7 Å². The van der Waals surface area contributed by atoms with Crippen molar-refractivity contribution in [2.24, 2.45) is 0 Å². The van der Waals surface area contributed by atoms with E-state index in [2.05, 4.69) is 23.8 Å². The van der Waals surface area contributed by atoms with Crippen molar-refractivity contribution in [1.82, 2.24) is 0 Å². The van der Waals surface area contributed by atoms with Crippen LogP contribution in [0.3, 0.4) is 0 Å². The summed E-state index contributed by atoms with van der Waals surface area (Å²) in [7, 11) is 0. The van der Waals surface area contributed by atoms with Gasteiger partial charge in [0.2, 0.25) is 0 Å². The van der Waals surface area contributed by atoms with Crippen LogP contribution in [0.25, 0.3) is 21.5 Å². The standard InChI is InChI=1S/C37H27F9O/c1-2-3-4-5-22-8-10-26-17-23(9-11-25(26)16-22)6-7-24-18-32(39)34(33(40)19-24)37(45,46)47-28-12-13-29-27(20-28)21-31(38)30(35(29)41)14-15-36(42,43)44/h8-13,16-21H,2-7H2,1H3. The minimum absolute atomic E-state index is 0.145. The first-order valence-corrected chi connectivity index (χ1v) is 14.8. The highest BCUT2D eigenvalue weighted by Crippen LogP contribution is 2.37. The molecule has 0 bridgehead atoms. The molecule has 0 amide bonds. The maximum absolute atomic E-state index is 15.1. The Balaban J connectivity index is 1.31. The van der Waals surface area contributed by atoms with Crippen molar-refractivity contribution in [3.05, 3.63) is 124 Å². The number of alkyl halides is 5. The fourth-order valence-corrected chi connectivity index (χ4v) is 5.39. The van der Waals surface area contributed by atoms with Gasteiger partial charge in [0, 0.05) is 11.3 Å². The van der Waals surface area contributed by atoms with Crippen LogP contribution in [0.1, 0.15) is 54.0 Å². The summed E-state index contributed by atoms with van der Waals surface area (Å²) in [4.78, 5) is 0. The molecule has 0 spiro atoms. The second kappa shape index (κ2) is 13.6. The minimum Gasteiger partial charge on any atom is -0.429 e. The molecule has 1 nitrogen and oxygen atoms in total. The smallest absolute Gasteiger partial charge is 0.429 e. The highest BCUT2D eigenvalue weighted by Gasteiger charge is 2.41. The van der Waals surface area contributed by atoms with Gasteiger partial charge in [-0.25, -0.2) is 17.6 Å². The quantitative estimate of drug-likeness (QED) is 0.0824. The molecule has 0 aliphatic carbocycles. The molecule has 244 valence electrons. The van der Waals surface area contributed by atoms with E-state index in [1.807, 2.05) is 24.3 Å². The summed E-state index contributed by atoms with van der Waals surface area (Å²) >= 11 is 0. The molecule has 0 N–H and O–H groups in total. The van der Waals surface area contributed by atoms with Crippen LogP contribution in [0.15, 0.2) is 72.8 Å². The largest absolute Gasteiger partial charge is 0.458 e. The number of hydrogen-bond acceptors (Lipinski definition) is 1. The van der Waals surface area contributed by atoms with E-state index in [0.717, 1.165) is 78.3 Å². The Bertz CT molecular complexity index is 1980. The molecule has 0 radical (unpaired) electrons. The number of hydrogen-bond donors (Lipinski definition) is 0. The zero-order valence-electron chi connectivity index (χ0n) is 25.0. The fourth-order valence-electron chi connectivity index (χ4n) is 5.39. The van der Waals surface area contributed by atoms with Gasteiger partial charge < -0.3 is 4.74 Å². The summed E-state index contributed by atoms with van der Waals surface area (Å²) in [6, 6.07) is 16.7. The van der Waals surface area contributed by atoms with Gasteiger partial charge in [0.25, 0.3) is 0 Å². The summed E-state index contributed by atoms with van der Waals surface area (Å²) in [6.45, 7) is 2.15. The number of unbranched alkanes of at least 4 members (excludes halogenated alkanes) is 2. The van der Waals surface area contributed by atoms with Crippen molar-refractivity contribution in [2.45, 2.75) is 57.7 Å². The average molecular weight is 659 g/mol. The van der Waals surface area contributed by atoms with Crippen molar-refractivity contribution in [2.75, 3.05) is 0 Å². The Hall–Kier alpha value is -4.65. The highest BCUT2D eigenvalue weighted by atomic mass is 19.4. The van der Waals surface area contributed by atoms with E-state index in [1.165, 1.54) is 11.5 Å². The Labute approximate surface area is 265 Å². The summed E-state index contributed by atoms with van der Waals surface area (Å²) in [5.41, 5.74) is -0.519. The lowest BCUT2D eigenvalue weighted by molar-refractivity contribution is -0.189. The second-order valence-corrected chi connectivity index (χ2v) is 11.2. The van der Waals surface area contributed by atoms with Gasteiger partial charge in [0.15, 0.2) is 0 Å². The predicted molar refractivity (Wildman–Crippen MR) is 162 cm³/mol. The molecule has 0 aliphatic rings. The molecule has 0 atom stereocenters. The van der Waals surface area contributed by atoms with Gasteiger partial charge in [-0.1, -0.05) is 62.1 Å². The predicted octanol–water partition coefficient (Wildman–Crippen LogP) is 11.1. The van der Waals surface area contributed by atoms with E-state index < -0.39 is 57.8 Å². The van der Waals surface area contributed by atoms with Crippen molar-refractivity contribution in [3.63, 3.8) is 0 Å². The van der Waals surface area contributed by atoms with Crippen molar-refractivity contribution in [3.8, 4) is 17.6 Å². The van der Waals surface area contributed by atoms with Gasteiger partial charge in [-0.2, -0.15) is 22.0 Å². The Morgan fingerprint density at radius 1 is 0.617 bits per heavy atom. The van der Waals surface area contributed by atoms with Gasteiger partial charge in [0.1, 0.15) is 34.6 Å². The fraction of sp³-hybridized carbons (Fsp3) is 0.243. The third-order valence-electron chi connectivity index (χ3n) is 7.71. The van der Waals surface area contributed by atoms with Crippen molar-refractivity contribution >= 4 is 21.5 Å². The highest BCUT2D eigenvalue weighted by molar-refractivity contribution is 5.86. The number of halogens is 9. The summed E-state index contributed by atoms with van der Waals surface area (Å²) < 4.78 is 131. The first-order chi connectivity index (χ1) is 22.2. The van der Waals surface area contributed by atoms with Gasteiger partial charge in [-0.3, -0.25) is 0 Å². The van der Waals surface area contributed by atoms with Crippen molar-refractivity contribution < 1.29 is 44.3 Å². The molecule has 10 heteroatoms. The number of fused-ring (bicyclic) bond motifs is 2. The van der Waals surface area contributed by atoms with Crippen LogP contribution in [-0.2, 0) is 25.4 Å². The van der Waals surface area contributed by atoms with Gasteiger partial charge in [0.05, 0.1) is 5.56 Å². The average Bonchev–Trinajstić information content (AvgIpc) is 2.98. The summed E-state index contributed by atoms with van der Waals surface area (Å²) in [6.07, 6.45) is -4.56. The molecular weight excluding hydrogens is 631 g/mol. The SMILES string of the molecule is CCCCCc1ccc2cc(CCc3cc(F)c(C(F)(F)Oc4ccc5c(F)c(C#CC(F)(F)F)c(F)cc5c4)c(F)c3)ccc2c1. The van der Waals surface area contributed by atoms with Crippen LogP contribution in [0, 0.1) is 35.1 Å². The van der Waals surface area contributed by atoms with Crippen LogP contribution in [0.5, 0.6) is 5.75 Å². The maximum atomic E-state index is 15.1. The minimum atomic E-state index is -5.00. The zero-order chi connectivity index (χ0) is 33.9. The van der Waals surface area contributed by atoms with Crippen LogP contribution in [0.2, 0.25) is 0 Å². The van der Waals surface area contributed by atoms with E-state index >= 15 is 8.78 Å². The van der Waals surface area contributed by atoms with Gasteiger partial charge in [-0.15, -0.1) is 0 Å². The molecule has 0 unspecified atom stereocenters. The summed E-state index contributed by atoms with van der Waals surface area (Å²) in [5, 5.41) is 1.30. The van der Waals surface area contributed by atoms with Crippen LogP contribution < -0.4 is 4.74 Å². The van der Waals surface area contributed by atoms with Crippen molar-refractivity contribution in [1.29, 1.82) is 0 Å². The Morgan fingerprint density at radius 3 is 1.85 bits per heavy atom. The molecule has 5 rings (SSSR count). The molecular formula is C37H27F9O. The molecule has 0 saturated carbocycles. The molecule has 5 aromatic carbocycles. The van der Waals surface area contributed by atoms with Gasteiger partial charge in [-0.05, 0) is 94.9 Å². The maximum Gasteiger partial charge on any atom is 0.458 e. The molecule has 0 aromatic heterocycles. The topological polar surface area (TPSA) is 9.23 Å². The first kappa shape index (κ1) is 33.7. The molecule has 0 saturated heterocycles. The lowest BCUT2D eigenvalue weighted by Crippen LogP contribution is -2.25. The number of ether oxygens (including phenoxy) is 1. The monoisotopic (exact) mass is 658 g/mol. The molecule has 47 heavy (non-hydrogen) atoms. The Kier molecular flexibility index (Phi) is 9.76. The number of rotatable bonds is 10. The van der Waals surface area contributed by atoms with E-state index in [1.54, 1.807) is 0 Å². The number of aryl methyl sites for hydroxylation is 3. The van der Waals surface area contributed by atoms with Crippen LogP contribution in [-0.4, -0.2) is 6.18 Å². The Morgan fingerprint density at radius 2 is 1.23 bits per heavy atom. The molecule has 5 aromatic rings. The van der Waals surface area contributed by atoms with Crippen LogP contribution in [0.4, 0.5) is 39.5 Å².